The fourth-order valence-corrected chi connectivity index (χ4v) is 2.53. The van der Waals surface area contributed by atoms with Crippen molar-refractivity contribution in [3.8, 4) is 11.4 Å². The summed E-state index contributed by atoms with van der Waals surface area (Å²) in [6, 6.07) is 0. The maximum atomic E-state index is 4.55. The molecule has 0 radical (unpaired) electrons. The van der Waals surface area contributed by atoms with Crippen LogP contribution in [0.2, 0.25) is 0 Å². The first kappa shape index (κ1) is 10.5. The fraction of sp³-hybridized carbons (Fsp3) is 0.500. The predicted octanol–water partition coefficient (Wildman–Crippen LogP) is 1.28. The van der Waals surface area contributed by atoms with E-state index in [9.17, 15) is 0 Å². The van der Waals surface area contributed by atoms with Crippen LogP contribution in [-0.4, -0.2) is 32.8 Å². The summed E-state index contributed by atoms with van der Waals surface area (Å²) in [6.07, 6.45) is 8.06. The molecule has 1 aliphatic heterocycles. The molecule has 0 spiro atoms. The minimum atomic E-state index is 0.614. The van der Waals surface area contributed by atoms with Crippen molar-refractivity contribution in [1.29, 1.82) is 0 Å². The van der Waals surface area contributed by atoms with E-state index in [2.05, 4.69) is 26.6 Å². The number of rotatable bonds is 2. The summed E-state index contributed by atoms with van der Waals surface area (Å²) in [5, 5.41) is 7.95. The third-order valence-corrected chi connectivity index (χ3v) is 3.39. The zero-order valence-electron chi connectivity index (χ0n) is 9.98. The minimum absolute atomic E-state index is 0.614. The lowest BCUT2D eigenvalue weighted by atomic mass is 9.90. The molecule has 2 N–H and O–H groups in total. The molecule has 0 amide bonds. The van der Waals surface area contributed by atoms with Crippen LogP contribution >= 0.6 is 0 Å². The molecule has 0 aromatic carbocycles. The number of nitrogens with one attached hydrogen (secondary N) is 2. The first-order valence-electron chi connectivity index (χ1n) is 6.07. The molecule has 0 atom stereocenters. The van der Waals surface area contributed by atoms with Crippen LogP contribution in [0.5, 0.6) is 0 Å². The smallest absolute Gasteiger partial charge is 0.114 e. The molecule has 90 valence electrons. The Hall–Kier alpha value is -1.62. The Morgan fingerprint density at radius 2 is 2.18 bits per heavy atom. The van der Waals surface area contributed by atoms with Gasteiger partial charge in [0.05, 0.1) is 18.2 Å². The highest BCUT2D eigenvalue weighted by Gasteiger charge is 2.22. The van der Waals surface area contributed by atoms with Gasteiger partial charge in [-0.1, -0.05) is 0 Å². The highest BCUT2D eigenvalue weighted by atomic mass is 15.3. The number of H-pyrrole nitrogens is 1. The summed E-state index contributed by atoms with van der Waals surface area (Å²) >= 11 is 0. The van der Waals surface area contributed by atoms with Gasteiger partial charge in [0, 0.05) is 18.8 Å². The van der Waals surface area contributed by atoms with E-state index in [1.54, 1.807) is 6.33 Å². The van der Waals surface area contributed by atoms with Crippen molar-refractivity contribution in [1.82, 2.24) is 25.1 Å². The van der Waals surface area contributed by atoms with Gasteiger partial charge in [0.1, 0.15) is 5.69 Å². The first-order chi connectivity index (χ1) is 8.34. The van der Waals surface area contributed by atoms with Crippen molar-refractivity contribution in [3.05, 3.63) is 24.3 Å². The SMILES string of the molecule is Cn1cc(C2CCNCC2)c(-c2cnc[nH]2)n1. The average molecular weight is 231 g/mol. The Morgan fingerprint density at radius 3 is 2.88 bits per heavy atom. The summed E-state index contributed by atoms with van der Waals surface area (Å²) in [5.74, 6) is 0.614. The van der Waals surface area contributed by atoms with Gasteiger partial charge in [0.2, 0.25) is 0 Å². The number of hydrogen-bond donors (Lipinski definition) is 2. The minimum Gasteiger partial charge on any atom is -0.343 e. The molecule has 1 aliphatic rings. The van der Waals surface area contributed by atoms with E-state index in [4.69, 9.17) is 0 Å². The molecule has 1 fully saturated rings. The van der Waals surface area contributed by atoms with Gasteiger partial charge in [-0.2, -0.15) is 5.10 Å². The Labute approximate surface area is 100 Å². The van der Waals surface area contributed by atoms with E-state index in [1.807, 2.05) is 17.9 Å². The Kier molecular flexibility index (Phi) is 2.68. The largest absolute Gasteiger partial charge is 0.343 e. The van der Waals surface area contributed by atoms with Gasteiger partial charge in [-0.25, -0.2) is 4.98 Å². The number of nitrogens with zero attached hydrogens (tertiary/aromatic N) is 3. The number of aromatic amines is 1. The number of aryl methyl sites for hydroxylation is 1. The number of piperidine rings is 1. The maximum absolute atomic E-state index is 4.55. The zero-order chi connectivity index (χ0) is 11.7. The molecule has 0 unspecified atom stereocenters. The molecule has 17 heavy (non-hydrogen) atoms. The van der Waals surface area contributed by atoms with E-state index >= 15 is 0 Å². The third kappa shape index (κ3) is 1.98. The van der Waals surface area contributed by atoms with Crippen molar-refractivity contribution in [2.75, 3.05) is 13.1 Å². The molecule has 0 aliphatic carbocycles. The summed E-state index contributed by atoms with van der Waals surface area (Å²) in [7, 11) is 1.98. The van der Waals surface area contributed by atoms with E-state index in [-0.39, 0.29) is 0 Å². The van der Waals surface area contributed by atoms with Crippen molar-refractivity contribution in [2.45, 2.75) is 18.8 Å². The zero-order valence-corrected chi connectivity index (χ0v) is 9.98. The highest BCUT2D eigenvalue weighted by Crippen LogP contribution is 2.31. The van der Waals surface area contributed by atoms with Crippen molar-refractivity contribution < 1.29 is 0 Å². The first-order valence-corrected chi connectivity index (χ1v) is 6.07. The molecule has 5 heteroatoms. The van der Waals surface area contributed by atoms with Gasteiger partial charge in [-0.15, -0.1) is 0 Å². The fourth-order valence-electron chi connectivity index (χ4n) is 2.53. The number of aromatic nitrogens is 4. The lowest BCUT2D eigenvalue weighted by molar-refractivity contribution is 0.461. The Balaban J connectivity index is 1.98. The van der Waals surface area contributed by atoms with Gasteiger partial charge in [0.25, 0.3) is 0 Å². The van der Waals surface area contributed by atoms with Crippen molar-refractivity contribution in [3.63, 3.8) is 0 Å². The summed E-state index contributed by atoms with van der Waals surface area (Å²) in [5.41, 5.74) is 3.41. The van der Waals surface area contributed by atoms with Gasteiger partial charge in [-0.3, -0.25) is 4.68 Å². The van der Waals surface area contributed by atoms with Crippen LogP contribution in [-0.2, 0) is 7.05 Å². The molecule has 3 heterocycles. The van der Waals surface area contributed by atoms with Crippen molar-refractivity contribution in [2.24, 2.45) is 7.05 Å². The predicted molar refractivity (Wildman–Crippen MR) is 65.6 cm³/mol. The molecule has 0 saturated carbocycles. The molecule has 1 saturated heterocycles. The Bertz CT molecular complexity index is 479. The summed E-state index contributed by atoms with van der Waals surface area (Å²) < 4.78 is 1.90. The van der Waals surface area contributed by atoms with E-state index in [1.165, 1.54) is 18.4 Å². The van der Waals surface area contributed by atoms with Crippen LogP contribution in [0.25, 0.3) is 11.4 Å². The molecule has 5 nitrogen and oxygen atoms in total. The molecule has 0 bridgehead atoms. The monoisotopic (exact) mass is 231 g/mol. The molecule has 2 aromatic heterocycles. The lowest BCUT2D eigenvalue weighted by Crippen LogP contribution is -2.26. The van der Waals surface area contributed by atoms with E-state index < -0.39 is 0 Å². The molecular weight excluding hydrogens is 214 g/mol. The van der Waals surface area contributed by atoms with Crippen LogP contribution in [0.1, 0.15) is 24.3 Å². The van der Waals surface area contributed by atoms with Crippen molar-refractivity contribution >= 4 is 0 Å². The second-order valence-corrected chi connectivity index (χ2v) is 4.60. The molecular formula is C12H17N5. The standard InChI is InChI=1S/C12H17N5/c1-17-7-10(9-2-4-13-5-3-9)12(16-17)11-6-14-8-15-11/h6-9,13H,2-5H2,1H3,(H,14,15). The molecule has 3 rings (SSSR count). The van der Waals surface area contributed by atoms with Crippen LogP contribution in [0.15, 0.2) is 18.7 Å². The van der Waals surface area contributed by atoms with E-state index in [0.717, 1.165) is 24.5 Å². The van der Waals surface area contributed by atoms with Gasteiger partial charge < -0.3 is 10.3 Å². The number of hydrogen-bond acceptors (Lipinski definition) is 3. The second kappa shape index (κ2) is 4.33. The summed E-state index contributed by atoms with van der Waals surface area (Å²) in [4.78, 5) is 7.22. The maximum Gasteiger partial charge on any atom is 0.114 e. The highest BCUT2D eigenvalue weighted by molar-refractivity contribution is 5.58. The topological polar surface area (TPSA) is 58.5 Å². The van der Waals surface area contributed by atoms with Crippen LogP contribution < -0.4 is 5.32 Å². The van der Waals surface area contributed by atoms with Gasteiger partial charge in [0.15, 0.2) is 0 Å². The van der Waals surface area contributed by atoms with Gasteiger partial charge in [-0.05, 0) is 31.8 Å². The quantitative estimate of drug-likeness (QED) is 0.818. The third-order valence-electron chi connectivity index (χ3n) is 3.39. The average Bonchev–Trinajstić information content (AvgIpc) is 2.98. The van der Waals surface area contributed by atoms with Crippen LogP contribution in [0, 0.1) is 0 Å². The number of imidazole rings is 1. The molecule has 2 aromatic rings. The van der Waals surface area contributed by atoms with E-state index in [0.29, 0.717) is 5.92 Å². The van der Waals surface area contributed by atoms with Gasteiger partial charge >= 0.3 is 0 Å². The lowest BCUT2D eigenvalue weighted by Gasteiger charge is -2.22. The summed E-state index contributed by atoms with van der Waals surface area (Å²) in [6.45, 7) is 2.20. The Morgan fingerprint density at radius 1 is 1.35 bits per heavy atom. The normalized spacial score (nSPS) is 17.5. The second-order valence-electron chi connectivity index (χ2n) is 4.60. The van der Waals surface area contributed by atoms with Crippen LogP contribution in [0.3, 0.4) is 0 Å². The van der Waals surface area contributed by atoms with Crippen LogP contribution in [0.4, 0.5) is 0 Å².